The molecule has 0 aliphatic heterocycles. The first-order valence-corrected chi connectivity index (χ1v) is 10.8. The molecule has 0 spiro atoms. The molecule has 3 aromatic carbocycles. The molecule has 0 atom stereocenters. The van der Waals surface area contributed by atoms with E-state index in [0.29, 0.717) is 18.5 Å². The minimum absolute atomic E-state index is 0.0356. The fourth-order valence-electron chi connectivity index (χ4n) is 4.07. The number of esters is 1. The summed E-state index contributed by atoms with van der Waals surface area (Å²) in [6.45, 7) is 2.51. The van der Waals surface area contributed by atoms with Crippen LogP contribution in [-0.2, 0) is 9.47 Å². The lowest BCUT2D eigenvalue weighted by Crippen LogP contribution is -2.26. The third-order valence-electron chi connectivity index (χ3n) is 5.74. The van der Waals surface area contributed by atoms with Gasteiger partial charge in [-0.25, -0.2) is 9.59 Å². The van der Waals surface area contributed by atoms with Crippen LogP contribution in [0.25, 0.3) is 11.1 Å². The van der Waals surface area contributed by atoms with E-state index in [0.717, 1.165) is 11.1 Å². The smallest absolute Gasteiger partial charge is 0.407 e. The van der Waals surface area contributed by atoms with Crippen molar-refractivity contribution in [2.75, 3.05) is 20.3 Å². The SMILES string of the molecule is COC(=O)c1cc(C#CCCNC(=O)OCC2c3ccccc3-c3ccccc32)ccc1C. The number of alkyl carbamates (subject to hydrolysis) is 1. The molecule has 166 valence electrons. The molecular formula is C28H25NO4. The van der Waals surface area contributed by atoms with E-state index in [4.69, 9.17) is 9.47 Å². The lowest BCUT2D eigenvalue weighted by atomic mass is 9.98. The van der Waals surface area contributed by atoms with Crippen molar-refractivity contribution < 1.29 is 19.1 Å². The number of benzene rings is 3. The van der Waals surface area contributed by atoms with Gasteiger partial charge in [-0.15, -0.1) is 0 Å². The average molecular weight is 440 g/mol. The number of hydrogen-bond acceptors (Lipinski definition) is 4. The van der Waals surface area contributed by atoms with Crippen molar-refractivity contribution in [1.82, 2.24) is 5.32 Å². The van der Waals surface area contributed by atoms with E-state index < -0.39 is 6.09 Å². The molecule has 1 aliphatic rings. The second-order valence-corrected chi connectivity index (χ2v) is 7.83. The fourth-order valence-corrected chi connectivity index (χ4v) is 4.07. The van der Waals surface area contributed by atoms with Crippen molar-refractivity contribution in [3.05, 3.63) is 94.5 Å². The number of aryl methyl sites for hydroxylation is 1. The van der Waals surface area contributed by atoms with Crippen LogP contribution in [0, 0.1) is 18.8 Å². The molecule has 5 heteroatoms. The topological polar surface area (TPSA) is 64.6 Å². The number of rotatable bonds is 5. The van der Waals surface area contributed by atoms with Gasteiger partial charge in [0.15, 0.2) is 0 Å². The molecular weight excluding hydrogens is 414 g/mol. The van der Waals surface area contributed by atoms with Gasteiger partial charge in [0.2, 0.25) is 0 Å². The highest BCUT2D eigenvalue weighted by atomic mass is 16.5. The Balaban J connectivity index is 1.28. The van der Waals surface area contributed by atoms with Gasteiger partial charge in [0.05, 0.1) is 12.7 Å². The van der Waals surface area contributed by atoms with Gasteiger partial charge in [-0.1, -0.05) is 66.4 Å². The second kappa shape index (κ2) is 10.1. The van der Waals surface area contributed by atoms with Gasteiger partial charge in [-0.2, -0.15) is 0 Å². The van der Waals surface area contributed by atoms with Gasteiger partial charge in [-0.3, -0.25) is 0 Å². The lowest BCUT2D eigenvalue weighted by molar-refractivity contribution is 0.0600. The number of carbonyl (C=O) groups excluding carboxylic acids is 2. The maximum atomic E-state index is 12.2. The maximum absolute atomic E-state index is 12.2. The molecule has 1 aliphatic carbocycles. The zero-order chi connectivity index (χ0) is 23.2. The Bertz CT molecular complexity index is 1210. The van der Waals surface area contributed by atoms with Gasteiger partial charge >= 0.3 is 12.1 Å². The second-order valence-electron chi connectivity index (χ2n) is 7.83. The number of amides is 1. The monoisotopic (exact) mass is 439 g/mol. The Morgan fingerprint density at radius 2 is 1.64 bits per heavy atom. The number of methoxy groups -OCH3 is 1. The van der Waals surface area contributed by atoms with Crippen LogP contribution in [0.2, 0.25) is 0 Å². The van der Waals surface area contributed by atoms with Crippen molar-refractivity contribution in [1.29, 1.82) is 0 Å². The Kier molecular flexibility index (Phi) is 6.75. The standard InChI is InChI=1S/C28H25NO4/c1-19-14-15-20(17-25(19)27(30)32-2)9-7-8-16-29-28(31)33-18-26-23-12-5-3-10-21(23)22-11-4-6-13-24(22)26/h3-6,10-15,17,26H,8,16,18H2,1-2H3,(H,29,31). The van der Waals surface area contributed by atoms with Crippen molar-refractivity contribution in [3.63, 3.8) is 0 Å². The highest BCUT2D eigenvalue weighted by Gasteiger charge is 2.28. The van der Waals surface area contributed by atoms with E-state index >= 15 is 0 Å². The van der Waals surface area contributed by atoms with Crippen molar-refractivity contribution in [2.45, 2.75) is 19.3 Å². The minimum atomic E-state index is -0.457. The third-order valence-corrected chi connectivity index (χ3v) is 5.74. The summed E-state index contributed by atoms with van der Waals surface area (Å²) in [5.74, 6) is 5.68. The first kappa shape index (κ1) is 22.2. The van der Waals surface area contributed by atoms with Crippen LogP contribution >= 0.6 is 0 Å². The summed E-state index contributed by atoms with van der Waals surface area (Å²) in [5.41, 5.74) is 6.82. The fraction of sp³-hybridized carbons (Fsp3) is 0.214. The van der Waals surface area contributed by atoms with E-state index in [1.54, 1.807) is 6.07 Å². The van der Waals surface area contributed by atoms with Crippen LogP contribution in [-0.4, -0.2) is 32.3 Å². The van der Waals surface area contributed by atoms with Gasteiger partial charge in [0.1, 0.15) is 6.61 Å². The van der Waals surface area contributed by atoms with Gasteiger partial charge in [-0.05, 0) is 46.9 Å². The summed E-state index contributed by atoms with van der Waals surface area (Å²) in [7, 11) is 1.36. The van der Waals surface area contributed by atoms with Crippen LogP contribution in [0.1, 0.15) is 45.0 Å². The summed E-state index contributed by atoms with van der Waals surface area (Å²) < 4.78 is 10.3. The molecule has 0 aromatic heterocycles. The first-order chi connectivity index (χ1) is 16.1. The zero-order valence-corrected chi connectivity index (χ0v) is 18.7. The van der Waals surface area contributed by atoms with Crippen molar-refractivity contribution in [2.24, 2.45) is 0 Å². The highest BCUT2D eigenvalue weighted by molar-refractivity contribution is 5.91. The van der Waals surface area contributed by atoms with Crippen LogP contribution in [0.15, 0.2) is 66.7 Å². The Morgan fingerprint density at radius 3 is 2.30 bits per heavy atom. The minimum Gasteiger partial charge on any atom is -0.465 e. The third kappa shape index (κ3) is 4.91. The number of hydrogen-bond donors (Lipinski definition) is 1. The van der Waals surface area contributed by atoms with Crippen LogP contribution in [0.3, 0.4) is 0 Å². The van der Waals surface area contributed by atoms with Crippen LogP contribution in [0.5, 0.6) is 0 Å². The number of fused-ring (bicyclic) bond motifs is 3. The summed E-state index contributed by atoms with van der Waals surface area (Å²) in [4.78, 5) is 24.0. The van der Waals surface area contributed by atoms with E-state index in [1.807, 2.05) is 43.3 Å². The Labute approximate surface area is 193 Å². The Hall–Kier alpha value is -4.04. The summed E-state index contributed by atoms with van der Waals surface area (Å²) >= 11 is 0. The molecule has 0 radical (unpaired) electrons. The molecule has 3 aromatic rings. The molecule has 1 N–H and O–H groups in total. The quantitative estimate of drug-likeness (QED) is 0.343. The highest BCUT2D eigenvalue weighted by Crippen LogP contribution is 2.44. The molecule has 33 heavy (non-hydrogen) atoms. The van der Waals surface area contributed by atoms with Crippen molar-refractivity contribution in [3.8, 4) is 23.0 Å². The molecule has 0 fully saturated rings. The zero-order valence-electron chi connectivity index (χ0n) is 18.7. The lowest BCUT2D eigenvalue weighted by Gasteiger charge is -2.14. The van der Waals surface area contributed by atoms with E-state index in [-0.39, 0.29) is 18.5 Å². The molecule has 0 saturated heterocycles. The van der Waals surface area contributed by atoms with Crippen LogP contribution in [0.4, 0.5) is 4.79 Å². The predicted molar refractivity (Wildman–Crippen MR) is 127 cm³/mol. The van der Waals surface area contributed by atoms with Crippen molar-refractivity contribution >= 4 is 12.1 Å². The summed E-state index contributed by atoms with van der Waals surface area (Å²) in [6.07, 6.45) is 0.00741. The number of ether oxygens (including phenoxy) is 2. The molecule has 4 rings (SSSR count). The normalized spacial score (nSPS) is 11.6. The number of nitrogens with one attached hydrogen (secondary N) is 1. The van der Waals surface area contributed by atoms with Gasteiger partial charge in [0.25, 0.3) is 0 Å². The van der Waals surface area contributed by atoms with E-state index in [1.165, 1.54) is 29.4 Å². The largest absolute Gasteiger partial charge is 0.465 e. The predicted octanol–water partition coefficient (Wildman–Crippen LogP) is 5.06. The molecule has 0 heterocycles. The first-order valence-electron chi connectivity index (χ1n) is 10.8. The molecule has 0 unspecified atom stereocenters. The average Bonchev–Trinajstić information content (AvgIpc) is 3.16. The van der Waals surface area contributed by atoms with Gasteiger partial charge < -0.3 is 14.8 Å². The van der Waals surface area contributed by atoms with E-state index in [9.17, 15) is 9.59 Å². The molecule has 5 nitrogen and oxygen atoms in total. The molecule has 0 bridgehead atoms. The summed E-state index contributed by atoms with van der Waals surface area (Å²) in [6, 6.07) is 21.9. The Morgan fingerprint density at radius 1 is 0.970 bits per heavy atom. The molecule has 1 amide bonds. The van der Waals surface area contributed by atoms with Gasteiger partial charge in [0, 0.05) is 24.4 Å². The number of carbonyl (C=O) groups is 2. The molecule has 0 saturated carbocycles. The maximum Gasteiger partial charge on any atom is 0.407 e. The van der Waals surface area contributed by atoms with E-state index in [2.05, 4.69) is 41.4 Å². The summed E-state index contributed by atoms with van der Waals surface area (Å²) in [5, 5.41) is 2.75. The van der Waals surface area contributed by atoms with Crippen LogP contribution < -0.4 is 5.32 Å².